The minimum atomic E-state index is -0.871. The zero-order chi connectivity index (χ0) is 27.6. The smallest absolute Gasteiger partial charge is 0.333 e. The van der Waals surface area contributed by atoms with Gasteiger partial charge in [-0.05, 0) is 79.3 Å². The summed E-state index contributed by atoms with van der Waals surface area (Å²) in [6.07, 6.45) is 3.35. The summed E-state index contributed by atoms with van der Waals surface area (Å²) in [4.78, 5) is 11.4. The highest BCUT2D eigenvalue weighted by Crippen LogP contribution is 2.28. The molecular formula is C31H34Cl2N2O4. The van der Waals surface area contributed by atoms with Crippen molar-refractivity contribution < 1.29 is 19.4 Å². The van der Waals surface area contributed by atoms with Gasteiger partial charge in [0.25, 0.3) is 0 Å². The first-order valence-electron chi connectivity index (χ1n) is 13.2. The van der Waals surface area contributed by atoms with Gasteiger partial charge in [-0.2, -0.15) is 0 Å². The highest BCUT2D eigenvalue weighted by atomic mass is 35.5. The lowest BCUT2D eigenvalue weighted by Gasteiger charge is -2.19. The van der Waals surface area contributed by atoms with Crippen LogP contribution in [0.4, 0.5) is 0 Å². The standard InChI is InChI=1S/C21H22ClNO4.C10H12ClN/c1-14-3-2-4-19(22)20(14)27-12-11-26-16-7-5-15(6-8-16)17-9-10-23-13-18(17)21(24)25;11-10-4-2-1-3-8(10)7-12-9-5-6-9/h2-8,23H,9-13H2,1H3,(H,24,25);1-4,9,12H,5-7H2. The Labute approximate surface area is 239 Å². The number of carboxylic acids is 1. The van der Waals surface area contributed by atoms with Gasteiger partial charge in [-0.25, -0.2) is 4.79 Å². The van der Waals surface area contributed by atoms with Crippen molar-refractivity contribution >= 4 is 34.7 Å². The number of hydrogen-bond acceptors (Lipinski definition) is 5. The van der Waals surface area contributed by atoms with Crippen molar-refractivity contribution in [3.8, 4) is 11.5 Å². The molecule has 3 aromatic carbocycles. The van der Waals surface area contributed by atoms with E-state index in [1.54, 1.807) is 6.07 Å². The van der Waals surface area contributed by atoms with Gasteiger partial charge in [0.15, 0.2) is 0 Å². The van der Waals surface area contributed by atoms with Crippen molar-refractivity contribution in [2.75, 3.05) is 26.3 Å². The molecule has 1 fully saturated rings. The first kappa shape index (κ1) is 29.0. The number of halogens is 2. The van der Waals surface area contributed by atoms with Gasteiger partial charge in [0.2, 0.25) is 0 Å². The summed E-state index contributed by atoms with van der Waals surface area (Å²) in [5.74, 6) is 0.520. The van der Waals surface area contributed by atoms with Crippen molar-refractivity contribution in [1.29, 1.82) is 0 Å². The van der Waals surface area contributed by atoms with Crippen LogP contribution in [0.5, 0.6) is 11.5 Å². The highest BCUT2D eigenvalue weighted by Gasteiger charge is 2.20. The van der Waals surface area contributed by atoms with Crippen LogP contribution >= 0.6 is 23.2 Å². The zero-order valence-electron chi connectivity index (χ0n) is 22.0. The fraction of sp³-hybridized carbons (Fsp3) is 0.323. The predicted octanol–water partition coefficient (Wildman–Crippen LogP) is 6.53. The van der Waals surface area contributed by atoms with Crippen molar-refractivity contribution in [3.63, 3.8) is 0 Å². The average molecular weight is 570 g/mol. The molecule has 1 aliphatic heterocycles. The van der Waals surface area contributed by atoms with Gasteiger partial charge in [-0.15, -0.1) is 0 Å². The molecule has 0 atom stereocenters. The molecule has 1 heterocycles. The molecule has 0 bridgehead atoms. The van der Waals surface area contributed by atoms with Crippen LogP contribution in [0.2, 0.25) is 10.0 Å². The Morgan fingerprint density at radius 2 is 1.69 bits per heavy atom. The third kappa shape index (κ3) is 8.73. The monoisotopic (exact) mass is 568 g/mol. The molecule has 3 aromatic rings. The summed E-state index contributed by atoms with van der Waals surface area (Å²) in [5.41, 5.74) is 4.41. The Morgan fingerprint density at radius 1 is 0.974 bits per heavy atom. The van der Waals surface area contributed by atoms with E-state index < -0.39 is 5.97 Å². The lowest BCUT2D eigenvalue weighted by Crippen LogP contribution is -2.28. The van der Waals surface area contributed by atoms with E-state index >= 15 is 0 Å². The molecular weight excluding hydrogens is 535 g/mol. The number of carboxylic acid groups (broad SMARTS) is 1. The van der Waals surface area contributed by atoms with Gasteiger partial charge >= 0.3 is 5.97 Å². The van der Waals surface area contributed by atoms with E-state index in [1.165, 1.54) is 18.4 Å². The fourth-order valence-electron chi connectivity index (χ4n) is 4.25. The molecule has 0 spiro atoms. The number of aryl methyl sites for hydroxylation is 1. The van der Waals surface area contributed by atoms with Crippen LogP contribution < -0.4 is 20.1 Å². The van der Waals surface area contributed by atoms with E-state index in [9.17, 15) is 9.90 Å². The maximum absolute atomic E-state index is 11.4. The second-order valence-electron chi connectivity index (χ2n) is 9.54. The molecule has 206 valence electrons. The number of benzene rings is 3. The van der Waals surface area contributed by atoms with Crippen molar-refractivity contribution in [2.45, 2.75) is 38.8 Å². The van der Waals surface area contributed by atoms with Crippen molar-refractivity contribution in [1.82, 2.24) is 10.6 Å². The van der Waals surface area contributed by atoms with Crippen molar-refractivity contribution in [3.05, 3.63) is 99.0 Å². The minimum absolute atomic E-state index is 0.381. The molecule has 0 amide bonds. The largest absolute Gasteiger partial charge is 0.490 e. The van der Waals surface area contributed by atoms with Crippen molar-refractivity contribution in [2.24, 2.45) is 0 Å². The van der Waals surface area contributed by atoms with E-state index in [-0.39, 0.29) is 0 Å². The minimum Gasteiger partial charge on any atom is -0.490 e. The number of nitrogens with one attached hydrogen (secondary N) is 2. The van der Waals surface area contributed by atoms with Crippen LogP contribution in [0, 0.1) is 6.92 Å². The molecule has 6 nitrogen and oxygen atoms in total. The molecule has 2 aliphatic rings. The average Bonchev–Trinajstić information content (AvgIpc) is 3.77. The third-order valence-corrected chi connectivity index (χ3v) is 7.22. The number of para-hydroxylation sites is 1. The predicted molar refractivity (Wildman–Crippen MR) is 157 cm³/mol. The molecule has 0 radical (unpaired) electrons. The second kappa shape index (κ2) is 14.4. The zero-order valence-corrected chi connectivity index (χ0v) is 23.5. The Morgan fingerprint density at radius 3 is 2.38 bits per heavy atom. The molecule has 1 aliphatic carbocycles. The molecule has 39 heavy (non-hydrogen) atoms. The Kier molecular flexibility index (Phi) is 10.7. The number of carbonyl (C=O) groups is 1. The van der Waals surface area contributed by atoms with Crippen LogP contribution in [-0.2, 0) is 11.3 Å². The van der Waals surface area contributed by atoms with E-state index in [0.717, 1.165) is 40.9 Å². The van der Waals surface area contributed by atoms with Crippen LogP contribution in [0.15, 0.2) is 72.3 Å². The Balaban J connectivity index is 0.000000243. The summed E-state index contributed by atoms with van der Waals surface area (Å²) < 4.78 is 11.4. The quantitative estimate of drug-likeness (QED) is 0.241. The van der Waals surface area contributed by atoms with Gasteiger partial charge in [-0.1, -0.05) is 65.7 Å². The molecule has 5 rings (SSSR count). The molecule has 0 aromatic heterocycles. The highest BCUT2D eigenvalue weighted by molar-refractivity contribution is 6.32. The van der Waals surface area contributed by atoms with E-state index in [1.807, 2.05) is 61.5 Å². The van der Waals surface area contributed by atoms with Gasteiger partial charge in [-0.3, -0.25) is 0 Å². The van der Waals surface area contributed by atoms with E-state index in [0.29, 0.717) is 48.3 Å². The summed E-state index contributed by atoms with van der Waals surface area (Å²) in [6, 6.07) is 21.9. The third-order valence-electron chi connectivity index (χ3n) is 6.56. The van der Waals surface area contributed by atoms with Gasteiger partial charge in [0.05, 0.1) is 10.6 Å². The lowest BCUT2D eigenvalue weighted by atomic mass is 9.94. The van der Waals surface area contributed by atoms with Gasteiger partial charge in [0.1, 0.15) is 24.7 Å². The van der Waals surface area contributed by atoms with Gasteiger partial charge < -0.3 is 25.2 Å². The molecule has 0 unspecified atom stereocenters. The number of aliphatic carboxylic acids is 1. The first-order chi connectivity index (χ1) is 18.9. The maximum Gasteiger partial charge on any atom is 0.333 e. The normalized spacial score (nSPS) is 14.8. The maximum atomic E-state index is 11.4. The summed E-state index contributed by atoms with van der Waals surface area (Å²) in [5, 5.41) is 17.3. The Hall–Kier alpha value is -3.03. The van der Waals surface area contributed by atoms with Crippen LogP contribution in [-0.4, -0.2) is 43.4 Å². The lowest BCUT2D eigenvalue weighted by molar-refractivity contribution is -0.132. The van der Waals surface area contributed by atoms with Crippen LogP contribution in [0.1, 0.15) is 36.0 Å². The molecule has 0 saturated heterocycles. The van der Waals surface area contributed by atoms with Gasteiger partial charge in [0, 0.05) is 24.2 Å². The topological polar surface area (TPSA) is 79.8 Å². The van der Waals surface area contributed by atoms with E-state index in [2.05, 4.69) is 16.7 Å². The van der Waals surface area contributed by atoms with Crippen LogP contribution in [0.3, 0.4) is 0 Å². The molecule has 3 N–H and O–H groups in total. The number of hydrogen-bond donors (Lipinski definition) is 3. The number of ether oxygens (including phenoxy) is 2. The molecule has 8 heteroatoms. The SMILES string of the molecule is Cc1cccc(Cl)c1OCCOc1ccc(C2=C(C(=O)O)CNCC2)cc1.Clc1ccccc1CNC1CC1. The molecule has 1 saturated carbocycles. The number of rotatable bonds is 10. The Bertz CT molecular complexity index is 1270. The van der Waals surface area contributed by atoms with Crippen LogP contribution in [0.25, 0.3) is 5.57 Å². The summed E-state index contributed by atoms with van der Waals surface area (Å²) in [7, 11) is 0. The second-order valence-corrected chi connectivity index (χ2v) is 10.4. The summed E-state index contributed by atoms with van der Waals surface area (Å²) in [6.45, 7) is 4.79. The van der Waals surface area contributed by atoms with E-state index in [4.69, 9.17) is 32.7 Å². The summed E-state index contributed by atoms with van der Waals surface area (Å²) >= 11 is 12.1. The first-order valence-corrected chi connectivity index (χ1v) is 13.9. The fourth-order valence-corrected chi connectivity index (χ4v) is 4.73.